The highest BCUT2D eigenvalue weighted by Gasteiger charge is 2.06. The zero-order chi connectivity index (χ0) is 10.4. The molecule has 0 fully saturated rings. The maximum atomic E-state index is 10.6. The maximum absolute atomic E-state index is 10.6. The number of rotatable bonds is 1. The summed E-state index contributed by atoms with van der Waals surface area (Å²) in [6.07, 6.45) is 1.32. The van der Waals surface area contributed by atoms with Crippen LogP contribution in [0, 0.1) is 6.92 Å². The molecule has 13 heavy (non-hydrogen) atoms. The van der Waals surface area contributed by atoms with Gasteiger partial charge in [0, 0.05) is 6.20 Å². The first-order valence-electron chi connectivity index (χ1n) is 4.00. The fourth-order valence-electron chi connectivity index (χ4n) is 0.677. The molecule has 0 radical (unpaired) electrons. The van der Waals surface area contributed by atoms with Gasteiger partial charge >= 0.3 is 0 Å². The molecule has 0 aliphatic rings. The number of hydrogen-bond donors (Lipinski definition) is 2. The average Bonchev–Trinajstić information content (AvgIpc) is 2.07. The van der Waals surface area contributed by atoms with E-state index in [4.69, 9.17) is 11.5 Å². The quantitative estimate of drug-likeness (QED) is 0.660. The van der Waals surface area contributed by atoms with Crippen LogP contribution in [0.2, 0.25) is 0 Å². The molecule has 0 unspecified atom stereocenters. The predicted octanol–water partition coefficient (Wildman–Crippen LogP) is 0.492. The van der Waals surface area contributed by atoms with Gasteiger partial charge in [0.1, 0.15) is 11.6 Å². The number of nitrogens with two attached hydrogens (primary N) is 2. The molecule has 1 rings (SSSR count). The SMILES string of the molecule is CC.Cc1ncc(C(N)=O)c(N)n1. The van der Waals surface area contributed by atoms with Crippen molar-refractivity contribution in [3.63, 3.8) is 0 Å². The van der Waals surface area contributed by atoms with E-state index >= 15 is 0 Å². The van der Waals surface area contributed by atoms with E-state index in [9.17, 15) is 4.79 Å². The Morgan fingerprint density at radius 2 is 2.00 bits per heavy atom. The Kier molecular flexibility index (Phi) is 4.43. The number of nitrogen functional groups attached to an aromatic ring is 1. The van der Waals surface area contributed by atoms with Crippen molar-refractivity contribution in [1.29, 1.82) is 0 Å². The van der Waals surface area contributed by atoms with E-state index < -0.39 is 5.91 Å². The third-order valence-electron chi connectivity index (χ3n) is 1.20. The molecule has 0 saturated heterocycles. The van der Waals surface area contributed by atoms with Crippen LogP contribution >= 0.6 is 0 Å². The lowest BCUT2D eigenvalue weighted by atomic mass is 10.3. The molecule has 0 aliphatic carbocycles. The van der Waals surface area contributed by atoms with Crippen molar-refractivity contribution < 1.29 is 4.79 Å². The Morgan fingerprint density at radius 3 is 2.38 bits per heavy atom. The third kappa shape index (κ3) is 3.06. The second-order valence-corrected chi connectivity index (χ2v) is 2.08. The molecule has 0 atom stereocenters. The largest absolute Gasteiger partial charge is 0.383 e. The average molecular weight is 182 g/mol. The van der Waals surface area contributed by atoms with Crippen LogP contribution in [0.3, 0.4) is 0 Å². The van der Waals surface area contributed by atoms with E-state index in [0.717, 1.165) is 0 Å². The van der Waals surface area contributed by atoms with Crippen LogP contribution in [0.4, 0.5) is 5.82 Å². The van der Waals surface area contributed by atoms with E-state index in [1.165, 1.54) is 6.20 Å². The van der Waals surface area contributed by atoms with Crippen molar-refractivity contribution in [2.75, 3.05) is 5.73 Å². The summed E-state index contributed by atoms with van der Waals surface area (Å²) in [6.45, 7) is 5.68. The molecule has 0 spiro atoms. The van der Waals surface area contributed by atoms with Gasteiger partial charge in [-0.2, -0.15) is 0 Å². The molecule has 4 N–H and O–H groups in total. The first kappa shape index (κ1) is 11.4. The van der Waals surface area contributed by atoms with Crippen LogP contribution in [-0.2, 0) is 0 Å². The number of carbonyl (C=O) groups excluding carboxylic acids is 1. The minimum absolute atomic E-state index is 0.130. The standard InChI is InChI=1S/C6H8N4O.C2H6/c1-3-9-2-4(6(8)11)5(7)10-3;1-2/h2H,1H3,(H2,8,11)(H2,7,9,10);1-2H3. The fraction of sp³-hybridized carbons (Fsp3) is 0.375. The Morgan fingerprint density at radius 1 is 1.46 bits per heavy atom. The highest BCUT2D eigenvalue weighted by Crippen LogP contribution is 2.04. The van der Waals surface area contributed by atoms with Gasteiger partial charge in [-0.25, -0.2) is 9.97 Å². The number of amides is 1. The van der Waals surface area contributed by atoms with Crippen molar-refractivity contribution in [1.82, 2.24) is 9.97 Å². The van der Waals surface area contributed by atoms with Gasteiger partial charge in [0.05, 0.1) is 5.56 Å². The Bertz CT molecular complexity index is 298. The van der Waals surface area contributed by atoms with E-state index in [1.807, 2.05) is 13.8 Å². The highest BCUT2D eigenvalue weighted by molar-refractivity contribution is 5.96. The number of anilines is 1. The normalized spacial score (nSPS) is 8.54. The molecule has 0 aliphatic heterocycles. The predicted molar refractivity (Wildman–Crippen MR) is 51.0 cm³/mol. The molecule has 72 valence electrons. The Hall–Kier alpha value is -1.65. The van der Waals surface area contributed by atoms with E-state index in [2.05, 4.69) is 9.97 Å². The minimum Gasteiger partial charge on any atom is -0.383 e. The van der Waals surface area contributed by atoms with Gasteiger partial charge in [0.15, 0.2) is 0 Å². The number of primary amides is 1. The summed E-state index contributed by atoms with van der Waals surface area (Å²) in [6, 6.07) is 0. The number of aromatic nitrogens is 2. The molecule has 0 bridgehead atoms. The van der Waals surface area contributed by atoms with Crippen LogP contribution in [0.5, 0.6) is 0 Å². The Balaban J connectivity index is 0.000000671. The maximum Gasteiger partial charge on any atom is 0.254 e. The topological polar surface area (TPSA) is 94.9 Å². The summed E-state index contributed by atoms with van der Waals surface area (Å²) in [5.41, 5.74) is 10.5. The van der Waals surface area contributed by atoms with Gasteiger partial charge in [0.2, 0.25) is 0 Å². The van der Waals surface area contributed by atoms with Crippen molar-refractivity contribution >= 4 is 11.7 Å². The van der Waals surface area contributed by atoms with E-state index in [0.29, 0.717) is 5.82 Å². The lowest BCUT2D eigenvalue weighted by Gasteiger charge is -1.98. The second-order valence-electron chi connectivity index (χ2n) is 2.08. The van der Waals surface area contributed by atoms with Crippen molar-refractivity contribution in [2.45, 2.75) is 20.8 Å². The molecule has 1 heterocycles. The summed E-state index contributed by atoms with van der Waals surface area (Å²) < 4.78 is 0. The molecular formula is C8H14N4O. The molecule has 0 saturated carbocycles. The van der Waals surface area contributed by atoms with Crippen molar-refractivity contribution in [3.05, 3.63) is 17.6 Å². The van der Waals surface area contributed by atoms with Crippen LogP contribution in [-0.4, -0.2) is 15.9 Å². The highest BCUT2D eigenvalue weighted by atomic mass is 16.1. The van der Waals surface area contributed by atoms with Gasteiger partial charge in [-0.05, 0) is 6.92 Å². The summed E-state index contributed by atoms with van der Waals surface area (Å²) >= 11 is 0. The van der Waals surface area contributed by atoms with Gasteiger partial charge in [-0.1, -0.05) is 13.8 Å². The summed E-state index contributed by atoms with van der Waals surface area (Å²) in [5, 5.41) is 0. The summed E-state index contributed by atoms with van der Waals surface area (Å²) in [5.74, 6) is 0.0417. The fourth-order valence-corrected chi connectivity index (χ4v) is 0.677. The third-order valence-corrected chi connectivity index (χ3v) is 1.20. The number of hydrogen-bond acceptors (Lipinski definition) is 4. The van der Waals surface area contributed by atoms with E-state index in [-0.39, 0.29) is 11.4 Å². The zero-order valence-electron chi connectivity index (χ0n) is 8.03. The molecule has 1 amide bonds. The van der Waals surface area contributed by atoms with Gasteiger partial charge in [-0.3, -0.25) is 4.79 Å². The molecule has 1 aromatic rings. The van der Waals surface area contributed by atoms with E-state index in [1.54, 1.807) is 6.92 Å². The van der Waals surface area contributed by atoms with Crippen LogP contribution in [0.25, 0.3) is 0 Å². The van der Waals surface area contributed by atoms with Crippen LogP contribution < -0.4 is 11.5 Å². The van der Waals surface area contributed by atoms with Crippen molar-refractivity contribution in [3.8, 4) is 0 Å². The van der Waals surface area contributed by atoms with Crippen LogP contribution in [0.15, 0.2) is 6.20 Å². The summed E-state index contributed by atoms with van der Waals surface area (Å²) in [4.78, 5) is 18.1. The molecule has 5 heteroatoms. The first-order chi connectivity index (χ1) is 6.11. The molecule has 0 aromatic carbocycles. The van der Waals surface area contributed by atoms with Crippen LogP contribution in [0.1, 0.15) is 30.0 Å². The lowest BCUT2D eigenvalue weighted by Crippen LogP contribution is -2.15. The number of nitrogens with zero attached hydrogens (tertiary/aromatic N) is 2. The number of aryl methyl sites for hydroxylation is 1. The molecular weight excluding hydrogens is 168 g/mol. The van der Waals surface area contributed by atoms with Gasteiger partial charge in [-0.15, -0.1) is 0 Å². The lowest BCUT2D eigenvalue weighted by molar-refractivity contribution is 0.100. The first-order valence-corrected chi connectivity index (χ1v) is 4.00. The Labute approximate surface area is 77.2 Å². The molecule has 5 nitrogen and oxygen atoms in total. The smallest absolute Gasteiger partial charge is 0.254 e. The number of carbonyl (C=O) groups is 1. The minimum atomic E-state index is -0.609. The second kappa shape index (κ2) is 5.08. The zero-order valence-corrected chi connectivity index (χ0v) is 8.03. The molecule has 1 aromatic heterocycles. The van der Waals surface area contributed by atoms with Crippen molar-refractivity contribution in [2.24, 2.45) is 5.73 Å². The van der Waals surface area contributed by atoms with Gasteiger partial charge < -0.3 is 11.5 Å². The van der Waals surface area contributed by atoms with Gasteiger partial charge in [0.25, 0.3) is 5.91 Å². The monoisotopic (exact) mass is 182 g/mol. The summed E-state index contributed by atoms with van der Waals surface area (Å²) in [7, 11) is 0.